The van der Waals surface area contributed by atoms with Gasteiger partial charge in [-0.05, 0) is 60.6 Å². The zero-order valence-electron chi connectivity index (χ0n) is 10.9. The predicted molar refractivity (Wildman–Crippen MR) is 70.7 cm³/mol. The van der Waals surface area contributed by atoms with Crippen molar-refractivity contribution < 1.29 is 4.74 Å². The van der Waals surface area contributed by atoms with Crippen molar-refractivity contribution in [1.82, 2.24) is 0 Å². The fourth-order valence-electron chi connectivity index (χ4n) is 2.32. The fourth-order valence-corrected chi connectivity index (χ4v) is 2.32. The van der Waals surface area contributed by atoms with E-state index < -0.39 is 0 Å². The van der Waals surface area contributed by atoms with Gasteiger partial charge in [0.25, 0.3) is 0 Å². The second-order valence-electron chi connectivity index (χ2n) is 5.98. The number of rotatable bonds is 5. The van der Waals surface area contributed by atoms with E-state index in [9.17, 15) is 0 Å². The molecule has 1 aromatic rings. The molecule has 0 aromatic heterocycles. The van der Waals surface area contributed by atoms with Crippen LogP contribution in [0.4, 0.5) is 0 Å². The Morgan fingerprint density at radius 1 is 1.18 bits per heavy atom. The monoisotopic (exact) mass is 230 g/mol. The van der Waals surface area contributed by atoms with Gasteiger partial charge >= 0.3 is 0 Å². The molecule has 2 aliphatic rings. The highest BCUT2D eigenvalue weighted by Crippen LogP contribution is 2.42. The van der Waals surface area contributed by atoms with Crippen molar-refractivity contribution in [2.45, 2.75) is 51.4 Å². The first-order valence-corrected chi connectivity index (χ1v) is 7.00. The van der Waals surface area contributed by atoms with Gasteiger partial charge in [-0.1, -0.05) is 26.0 Å². The Morgan fingerprint density at radius 3 is 2.53 bits per heavy atom. The molecule has 0 N–H and O–H groups in total. The standard InChI is InChI=1S/C16H22O/c1-11(2)15-8-7-14(13-5-6-13)9-16(15)17-10-12-3-4-12/h7-9,11-13H,3-6,10H2,1-2H3. The molecule has 1 heteroatoms. The maximum absolute atomic E-state index is 6.04. The first kappa shape index (κ1) is 11.1. The Balaban J connectivity index is 1.80. The van der Waals surface area contributed by atoms with E-state index in [4.69, 9.17) is 4.74 Å². The normalized spacial score (nSPS) is 19.7. The van der Waals surface area contributed by atoms with E-state index in [1.807, 2.05) is 0 Å². The van der Waals surface area contributed by atoms with Gasteiger partial charge in [-0.2, -0.15) is 0 Å². The maximum atomic E-state index is 6.04. The maximum Gasteiger partial charge on any atom is 0.123 e. The Kier molecular flexibility index (Phi) is 2.85. The fraction of sp³-hybridized carbons (Fsp3) is 0.625. The summed E-state index contributed by atoms with van der Waals surface area (Å²) in [5.41, 5.74) is 2.86. The quantitative estimate of drug-likeness (QED) is 0.725. The average Bonchev–Trinajstić information content (AvgIpc) is 3.17. The third-order valence-corrected chi connectivity index (χ3v) is 3.88. The van der Waals surface area contributed by atoms with Gasteiger partial charge in [-0.3, -0.25) is 0 Å². The van der Waals surface area contributed by atoms with Gasteiger partial charge in [-0.15, -0.1) is 0 Å². The lowest BCUT2D eigenvalue weighted by Gasteiger charge is -2.15. The molecule has 0 heterocycles. The van der Waals surface area contributed by atoms with Crippen LogP contribution in [0.15, 0.2) is 18.2 Å². The van der Waals surface area contributed by atoms with Crippen molar-refractivity contribution >= 4 is 0 Å². The van der Waals surface area contributed by atoms with E-state index in [1.165, 1.54) is 36.8 Å². The van der Waals surface area contributed by atoms with Gasteiger partial charge in [0.05, 0.1) is 6.61 Å². The SMILES string of the molecule is CC(C)c1ccc(C2CC2)cc1OCC1CC1. The molecule has 1 aromatic carbocycles. The Hall–Kier alpha value is -0.980. The van der Waals surface area contributed by atoms with Crippen LogP contribution in [0.3, 0.4) is 0 Å². The molecular formula is C16H22O. The van der Waals surface area contributed by atoms with Gasteiger partial charge in [0.15, 0.2) is 0 Å². The molecule has 3 rings (SSSR count). The van der Waals surface area contributed by atoms with E-state index in [-0.39, 0.29) is 0 Å². The first-order chi connectivity index (χ1) is 8.24. The largest absolute Gasteiger partial charge is 0.493 e. The molecule has 1 nitrogen and oxygen atoms in total. The summed E-state index contributed by atoms with van der Waals surface area (Å²) in [5, 5.41) is 0. The average molecular weight is 230 g/mol. The number of hydrogen-bond donors (Lipinski definition) is 0. The molecule has 0 spiro atoms. The van der Waals surface area contributed by atoms with Crippen LogP contribution in [-0.4, -0.2) is 6.61 Å². The highest BCUT2D eigenvalue weighted by molar-refractivity contribution is 5.41. The molecule has 0 radical (unpaired) electrons. The Labute approximate surface area is 104 Å². The topological polar surface area (TPSA) is 9.23 Å². The Bertz CT molecular complexity index is 400. The smallest absolute Gasteiger partial charge is 0.123 e. The van der Waals surface area contributed by atoms with Crippen LogP contribution in [-0.2, 0) is 0 Å². The van der Waals surface area contributed by atoms with E-state index in [1.54, 1.807) is 0 Å². The molecule has 0 atom stereocenters. The third kappa shape index (κ3) is 2.65. The van der Waals surface area contributed by atoms with Crippen LogP contribution in [0.5, 0.6) is 5.75 Å². The van der Waals surface area contributed by atoms with E-state index in [2.05, 4.69) is 32.0 Å². The van der Waals surface area contributed by atoms with Gasteiger partial charge in [0, 0.05) is 0 Å². The van der Waals surface area contributed by atoms with E-state index in [0.29, 0.717) is 5.92 Å². The van der Waals surface area contributed by atoms with Crippen LogP contribution in [0.1, 0.15) is 62.5 Å². The van der Waals surface area contributed by atoms with Gasteiger partial charge in [0.1, 0.15) is 5.75 Å². The summed E-state index contributed by atoms with van der Waals surface area (Å²) in [6, 6.07) is 6.88. The van der Waals surface area contributed by atoms with Gasteiger partial charge in [0.2, 0.25) is 0 Å². The van der Waals surface area contributed by atoms with Crippen LogP contribution >= 0.6 is 0 Å². The van der Waals surface area contributed by atoms with Crippen molar-refractivity contribution in [1.29, 1.82) is 0 Å². The number of hydrogen-bond acceptors (Lipinski definition) is 1. The molecule has 17 heavy (non-hydrogen) atoms. The van der Waals surface area contributed by atoms with Crippen molar-refractivity contribution in [3.05, 3.63) is 29.3 Å². The molecule has 0 saturated heterocycles. The van der Waals surface area contributed by atoms with Crippen LogP contribution < -0.4 is 4.74 Å². The van der Waals surface area contributed by atoms with E-state index >= 15 is 0 Å². The highest BCUT2D eigenvalue weighted by Gasteiger charge is 2.26. The zero-order chi connectivity index (χ0) is 11.8. The summed E-state index contributed by atoms with van der Waals surface area (Å²) < 4.78 is 6.04. The minimum atomic E-state index is 0.553. The molecule has 92 valence electrons. The van der Waals surface area contributed by atoms with Crippen molar-refractivity contribution in [3.8, 4) is 5.75 Å². The predicted octanol–water partition coefficient (Wildman–Crippen LogP) is 4.48. The van der Waals surface area contributed by atoms with Crippen LogP contribution in [0.25, 0.3) is 0 Å². The molecule has 0 bridgehead atoms. The summed E-state index contributed by atoms with van der Waals surface area (Å²) in [4.78, 5) is 0. The second kappa shape index (κ2) is 4.36. The van der Waals surface area contributed by atoms with Crippen molar-refractivity contribution in [2.75, 3.05) is 6.61 Å². The first-order valence-electron chi connectivity index (χ1n) is 7.00. The molecule has 0 amide bonds. The van der Waals surface area contributed by atoms with Crippen molar-refractivity contribution in [3.63, 3.8) is 0 Å². The highest BCUT2D eigenvalue weighted by atomic mass is 16.5. The zero-order valence-corrected chi connectivity index (χ0v) is 10.9. The molecule has 2 saturated carbocycles. The third-order valence-electron chi connectivity index (χ3n) is 3.88. The number of ether oxygens (including phenoxy) is 1. The minimum Gasteiger partial charge on any atom is -0.493 e. The lowest BCUT2D eigenvalue weighted by atomic mass is 9.99. The summed E-state index contributed by atoms with van der Waals surface area (Å²) in [6.45, 7) is 5.42. The Morgan fingerprint density at radius 2 is 1.94 bits per heavy atom. The van der Waals surface area contributed by atoms with Gasteiger partial charge in [-0.25, -0.2) is 0 Å². The summed E-state index contributed by atoms with van der Waals surface area (Å²) in [5.74, 6) is 3.35. The lowest BCUT2D eigenvalue weighted by molar-refractivity contribution is 0.295. The summed E-state index contributed by atoms with van der Waals surface area (Å²) >= 11 is 0. The molecular weight excluding hydrogens is 208 g/mol. The summed E-state index contributed by atoms with van der Waals surface area (Å²) in [6.07, 6.45) is 5.45. The van der Waals surface area contributed by atoms with Gasteiger partial charge < -0.3 is 4.74 Å². The molecule has 0 unspecified atom stereocenters. The minimum absolute atomic E-state index is 0.553. The number of benzene rings is 1. The second-order valence-corrected chi connectivity index (χ2v) is 5.98. The van der Waals surface area contributed by atoms with Crippen molar-refractivity contribution in [2.24, 2.45) is 5.92 Å². The van der Waals surface area contributed by atoms with Crippen LogP contribution in [0, 0.1) is 5.92 Å². The summed E-state index contributed by atoms with van der Waals surface area (Å²) in [7, 11) is 0. The van der Waals surface area contributed by atoms with E-state index in [0.717, 1.165) is 24.2 Å². The molecule has 2 fully saturated rings. The molecule has 2 aliphatic carbocycles. The lowest BCUT2D eigenvalue weighted by Crippen LogP contribution is -2.03. The van der Waals surface area contributed by atoms with Crippen LogP contribution in [0.2, 0.25) is 0 Å². The molecule has 0 aliphatic heterocycles.